The van der Waals surface area contributed by atoms with Gasteiger partial charge in [0, 0.05) is 24.1 Å². The maximum atomic E-state index is 3.39. The summed E-state index contributed by atoms with van der Waals surface area (Å²) < 4.78 is 0. The third-order valence-corrected chi connectivity index (χ3v) is 2.83. The molecule has 1 atom stereocenters. The SMILES string of the molecule is c1csc(CC2CNCN2)c1. The summed E-state index contributed by atoms with van der Waals surface area (Å²) in [5.74, 6) is 0. The van der Waals surface area contributed by atoms with Gasteiger partial charge in [-0.2, -0.15) is 0 Å². The maximum Gasteiger partial charge on any atom is 0.0457 e. The summed E-state index contributed by atoms with van der Waals surface area (Å²) in [6.45, 7) is 2.08. The van der Waals surface area contributed by atoms with Gasteiger partial charge in [0.1, 0.15) is 0 Å². The van der Waals surface area contributed by atoms with Gasteiger partial charge in [-0.1, -0.05) is 6.07 Å². The summed E-state index contributed by atoms with van der Waals surface area (Å²) >= 11 is 1.84. The summed E-state index contributed by atoms with van der Waals surface area (Å²) in [5.41, 5.74) is 0. The van der Waals surface area contributed by atoms with Gasteiger partial charge in [-0.25, -0.2) is 0 Å². The van der Waals surface area contributed by atoms with Crippen LogP contribution in [0.2, 0.25) is 0 Å². The van der Waals surface area contributed by atoms with Crippen LogP contribution in [0.1, 0.15) is 4.88 Å². The zero-order valence-electron chi connectivity index (χ0n) is 6.34. The van der Waals surface area contributed by atoms with Crippen LogP contribution in [-0.4, -0.2) is 19.3 Å². The highest BCUT2D eigenvalue weighted by atomic mass is 32.1. The molecule has 0 bridgehead atoms. The molecular weight excluding hydrogens is 156 g/mol. The van der Waals surface area contributed by atoms with Crippen molar-refractivity contribution in [3.8, 4) is 0 Å². The van der Waals surface area contributed by atoms with E-state index >= 15 is 0 Å². The van der Waals surface area contributed by atoms with Gasteiger partial charge < -0.3 is 10.6 Å². The first-order chi connectivity index (χ1) is 5.45. The molecule has 2 N–H and O–H groups in total. The van der Waals surface area contributed by atoms with Crippen LogP contribution < -0.4 is 10.6 Å². The fourth-order valence-electron chi connectivity index (χ4n) is 1.35. The molecule has 1 fully saturated rings. The van der Waals surface area contributed by atoms with Crippen LogP contribution in [0.25, 0.3) is 0 Å². The molecule has 2 nitrogen and oxygen atoms in total. The van der Waals surface area contributed by atoms with Gasteiger partial charge in [0.05, 0.1) is 0 Å². The number of hydrogen-bond acceptors (Lipinski definition) is 3. The molecule has 0 radical (unpaired) electrons. The summed E-state index contributed by atoms with van der Waals surface area (Å²) in [6.07, 6.45) is 1.17. The van der Waals surface area contributed by atoms with Crippen molar-refractivity contribution in [3.05, 3.63) is 22.4 Å². The van der Waals surface area contributed by atoms with Crippen molar-refractivity contribution in [3.63, 3.8) is 0 Å². The Labute approximate surface area is 70.6 Å². The van der Waals surface area contributed by atoms with Crippen LogP contribution in [0.3, 0.4) is 0 Å². The zero-order valence-corrected chi connectivity index (χ0v) is 7.16. The van der Waals surface area contributed by atoms with Crippen LogP contribution in [0.15, 0.2) is 17.5 Å². The second-order valence-electron chi connectivity index (χ2n) is 2.82. The first-order valence-corrected chi connectivity index (χ1v) is 4.79. The standard InChI is InChI=1S/C8H12N2S/c1-2-8(11-3-1)4-7-5-9-6-10-7/h1-3,7,9-10H,4-6H2. The Hall–Kier alpha value is -0.380. The minimum atomic E-state index is 0.647. The van der Waals surface area contributed by atoms with E-state index in [1.54, 1.807) is 0 Å². The second-order valence-corrected chi connectivity index (χ2v) is 3.85. The van der Waals surface area contributed by atoms with Crippen molar-refractivity contribution in [1.29, 1.82) is 0 Å². The molecule has 1 aromatic heterocycles. The van der Waals surface area contributed by atoms with Crippen molar-refractivity contribution in [2.45, 2.75) is 12.5 Å². The van der Waals surface area contributed by atoms with E-state index in [-0.39, 0.29) is 0 Å². The largest absolute Gasteiger partial charge is 0.303 e. The number of thiophene rings is 1. The molecule has 3 heteroatoms. The Kier molecular flexibility index (Phi) is 2.21. The average molecular weight is 168 g/mol. The van der Waals surface area contributed by atoms with Gasteiger partial charge in [-0.3, -0.25) is 0 Å². The summed E-state index contributed by atoms with van der Waals surface area (Å²) in [5, 5.41) is 8.81. The van der Waals surface area contributed by atoms with Crippen molar-refractivity contribution >= 4 is 11.3 Å². The molecule has 60 valence electrons. The van der Waals surface area contributed by atoms with E-state index in [0.29, 0.717) is 6.04 Å². The Balaban J connectivity index is 1.90. The second kappa shape index (κ2) is 3.34. The molecule has 1 saturated heterocycles. The molecule has 0 aromatic carbocycles. The molecule has 1 aliphatic heterocycles. The third kappa shape index (κ3) is 1.80. The van der Waals surface area contributed by atoms with E-state index in [1.165, 1.54) is 11.3 Å². The first-order valence-electron chi connectivity index (χ1n) is 3.91. The Morgan fingerprint density at radius 3 is 3.27 bits per heavy atom. The van der Waals surface area contributed by atoms with Crippen LogP contribution in [0.4, 0.5) is 0 Å². The average Bonchev–Trinajstić information content (AvgIpc) is 2.60. The Morgan fingerprint density at radius 1 is 1.64 bits per heavy atom. The van der Waals surface area contributed by atoms with E-state index in [1.807, 2.05) is 11.3 Å². The lowest BCUT2D eigenvalue weighted by Gasteiger charge is -2.05. The molecule has 1 unspecified atom stereocenters. The lowest BCUT2D eigenvalue weighted by molar-refractivity contribution is 0.634. The van der Waals surface area contributed by atoms with Gasteiger partial charge in [-0.15, -0.1) is 11.3 Å². The normalized spacial score (nSPS) is 24.2. The highest BCUT2D eigenvalue weighted by Gasteiger charge is 2.13. The van der Waals surface area contributed by atoms with E-state index in [9.17, 15) is 0 Å². The van der Waals surface area contributed by atoms with Gasteiger partial charge >= 0.3 is 0 Å². The van der Waals surface area contributed by atoms with Gasteiger partial charge in [0.25, 0.3) is 0 Å². The van der Waals surface area contributed by atoms with E-state index < -0.39 is 0 Å². The molecule has 2 heterocycles. The van der Waals surface area contributed by atoms with Crippen LogP contribution in [-0.2, 0) is 6.42 Å². The van der Waals surface area contributed by atoms with Crippen LogP contribution in [0, 0.1) is 0 Å². The van der Waals surface area contributed by atoms with Gasteiger partial charge in [-0.05, 0) is 17.9 Å². The molecule has 2 rings (SSSR count). The fraction of sp³-hybridized carbons (Fsp3) is 0.500. The van der Waals surface area contributed by atoms with Crippen LogP contribution in [0.5, 0.6) is 0 Å². The lowest BCUT2D eigenvalue weighted by Crippen LogP contribution is -2.25. The Bertz CT molecular complexity index is 202. The van der Waals surface area contributed by atoms with Crippen molar-refractivity contribution in [2.24, 2.45) is 0 Å². The highest BCUT2D eigenvalue weighted by molar-refractivity contribution is 7.09. The third-order valence-electron chi connectivity index (χ3n) is 1.93. The lowest BCUT2D eigenvalue weighted by atomic mass is 10.2. The van der Waals surface area contributed by atoms with Crippen molar-refractivity contribution in [2.75, 3.05) is 13.2 Å². The van der Waals surface area contributed by atoms with Crippen molar-refractivity contribution < 1.29 is 0 Å². The fourth-order valence-corrected chi connectivity index (χ4v) is 2.14. The molecule has 0 saturated carbocycles. The maximum absolute atomic E-state index is 3.39. The summed E-state index contributed by atoms with van der Waals surface area (Å²) in [6, 6.07) is 4.96. The number of hydrogen-bond donors (Lipinski definition) is 2. The first kappa shape index (κ1) is 7.28. The Morgan fingerprint density at radius 2 is 2.64 bits per heavy atom. The van der Waals surface area contributed by atoms with E-state index in [4.69, 9.17) is 0 Å². The number of nitrogens with one attached hydrogen (secondary N) is 2. The predicted octanol–water partition coefficient (Wildman–Crippen LogP) is 0.809. The molecule has 1 aliphatic rings. The quantitative estimate of drug-likeness (QED) is 0.683. The molecule has 11 heavy (non-hydrogen) atoms. The molecule has 0 spiro atoms. The minimum absolute atomic E-state index is 0.647. The predicted molar refractivity (Wildman–Crippen MR) is 47.8 cm³/mol. The van der Waals surface area contributed by atoms with Crippen LogP contribution >= 0.6 is 11.3 Å². The molecule has 0 amide bonds. The highest BCUT2D eigenvalue weighted by Crippen LogP contribution is 2.11. The molecule has 0 aliphatic carbocycles. The smallest absolute Gasteiger partial charge is 0.0457 e. The molecule has 1 aromatic rings. The molecular formula is C8H12N2S. The van der Waals surface area contributed by atoms with Gasteiger partial charge in [0.15, 0.2) is 0 Å². The zero-order chi connectivity index (χ0) is 7.52. The van der Waals surface area contributed by atoms with E-state index in [2.05, 4.69) is 28.1 Å². The monoisotopic (exact) mass is 168 g/mol. The number of rotatable bonds is 2. The minimum Gasteiger partial charge on any atom is -0.303 e. The summed E-state index contributed by atoms with van der Waals surface area (Å²) in [7, 11) is 0. The topological polar surface area (TPSA) is 24.1 Å². The van der Waals surface area contributed by atoms with Gasteiger partial charge in [0.2, 0.25) is 0 Å². The summed E-state index contributed by atoms with van der Waals surface area (Å²) in [4.78, 5) is 1.48. The van der Waals surface area contributed by atoms with E-state index in [0.717, 1.165) is 13.2 Å². The van der Waals surface area contributed by atoms with Crippen molar-refractivity contribution in [1.82, 2.24) is 10.6 Å².